The van der Waals surface area contributed by atoms with Gasteiger partial charge in [-0.15, -0.1) is 0 Å². The van der Waals surface area contributed by atoms with Gasteiger partial charge in [-0.05, 0) is 25.0 Å². The first kappa shape index (κ1) is 14.9. The van der Waals surface area contributed by atoms with Crippen molar-refractivity contribution in [3.05, 3.63) is 32.3 Å². The molecule has 0 saturated carbocycles. The van der Waals surface area contributed by atoms with E-state index < -0.39 is 0 Å². The summed E-state index contributed by atoms with van der Waals surface area (Å²) in [6, 6.07) is 3.35. The van der Waals surface area contributed by atoms with Crippen LogP contribution in [0.25, 0.3) is 0 Å². The monoisotopic (exact) mass is 316 g/mol. The molecule has 18 heavy (non-hydrogen) atoms. The number of nitrogens with zero attached hydrogens (tertiary/aromatic N) is 1. The van der Waals surface area contributed by atoms with Crippen LogP contribution in [-0.4, -0.2) is 24.7 Å². The Balaban J connectivity index is 3.01. The van der Waals surface area contributed by atoms with Crippen LogP contribution in [-0.2, 0) is 11.2 Å². The van der Waals surface area contributed by atoms with E-state index in [0.29, 0.717) is 12.2 Å². The number of benzene rings is 1. The molecule has 0 amide bonds. The number of halogens is 1. The number of ether oxygens (including phenoxy) is 1. The normalized spacial score (nSPS) is 12.2. The van der Waals surface area contributed by atoms with E-state index in [1.807, 2.05) is 13.8 Å². The number of hydrogen-bond acceptors (Lipinski definition) is 4. The molecule has 1 aromatic carbocycles. The lowest BCUT2D eigenvalue weighted by atomic mass is 10.1. The first-order valence-corrected chi connectivity index (χ1v) is 6.52. The Morgan fingerprint density at radius 2 is 2.22 bits per heavy atom. The second kappa shape index (κ2) is 6.70. The summed E-state index contributed by atoms with van der Waals surface area (Å²) in [6.07, 6.45) is 0.741. The van der Waals surface area contributed by atoms with Crippen LogP contribution in [0.4, 0.5) is 11.4 Å². The standard InChI is InChI=1S/C12H17BrN2O3/c1-4-9-5-12(15(16)17)11(6-10(9)13)14-7-8(2)18-3/h5-6,8,14H,4,7H2,1-3H3. The molecule has 1 rings (SSSR count). The molecule has 0 fully saturated rings. The molecule has 0 spiro atoms. The number of anilines is 1. The summed E-state index contributed by atoms with van der Waals surface area (Å²) >= 11 is 3.42. The second-order valence-electron chi connectivity index (χ2n) is 4.00. The number of aryl methyl sites for hydroxylation is 1. The third-order valence-electron chi connectivity index (χ3n) is 2.72. The molecule has 1 aromatic rings. The fraction of sp³-hybridized carbons (Fsp3) is 0.500. The molecular weight excluding hydrogens is 300 g/mol. The molecule has 0 aromatic heterocycles. The molecular formula is C12H17BrN2O3. The third-order valence-corrected chi connectivity index (χ3v) is 3.46. The van der Waals surface area contributed by atoms with Crippen molar-refractivity contribution in [2.75, 3.05) is 19.0 Å². The summed E-state index contributed by atoms with van der Waals surface area (Å²) in [6.45, 7) is 4.38. The molecule has 0 heterocycles. The average Bonchev–Trinajstić information content (AvgIpc) is 2.35. The molecule has 6 heteroatoms. The Morgan fingerprint density at radius 3 is 2.72 bits per heavy atom. The molecule has 0 aliphatic carbocycles. The van der Waals surface area contributed by atoms with Crippen molar-refractivity contribution in [3.8, 4) is 0 Å². The van der Waals surface area contributed by atoms with E-state index in [4.69, 9.17) is 4.74 Å². The molecule has 1 unspecified atom stereocenters. The van der Waals surface area contributed by atoms with Gasteiger partial charge >= 0.3 is 0 Å². The SMILES string of the molecule is CCc1cc([N+](=O)[O-])c(NCC(C)OC)cc1Br. The van der Waals surface area contributed by atoms with Crippen molar-refractivity contribution < 1.29 is 9.66 Å². The van der Waals surface area contributed by atoms with Crippen molar-refractivity contribution in [1.29, 1.82) is 0 Å². The number of methoxy groups -OCH3 is 1. The number of hydrogen-bond donors (Lipinski definition) is 1. The third kappa shape index (κ3) is 3.68. The Labute approximate surface area is 115 Å². The van der Waals surface area contributed by atoms with Gasteiger partial charge in [0.25, 0.3) is 5.69 Å². The van der Waals surface area contributed by atoms with Crippen LogP contribution in [0.15, 0.2) is 16.6 Å². The lowest BCUT2D eigenvalue weighted by Crippen LogP contribution is -2.18. The largest absolute Gasteiger partial charge is 0.380 e. The molecule has 5 nitrogen and oxygen atoms in total. The van der Waals surface area contributed by atoms with E-state index in [0.717, 1.165) is 16.5 Å². The van der Waals surface area contributed by atoms with Gasteiger partial charge in [0.05, 0.1) is 11.0 Å². The Kier molecular flexibility index (Phi) is 5.55. The summed E-state index contributed by atoms with van der Waals surface area (Å²) < 4.78 is 5.98. The fourth-order valence-electron chi connectivity index (χ4n) is 1.51. The van der Waals surface area contributed by atoms with Crippen LogP contribution in [0.1, 0.15) is 19.4 Å². The minimum absolute atomic E-state index is 0.00534. The van der Waals surface area contributed by atoms with Crippen molar-refractivity contribution in [3.63, 3.8) is 0 Å². The summed E-state index contributed by atoms with van der Waals surface area (Å²) in [4.78, 5) is 10.7. The first-order valence-electron chi connectivity index (χ1n) is 5.73. The van der Waals surface area contributed by atoms with Crippen molar-refractivity contribution in [2.45, 2.75) is 26.4 Å². The van der Waals surface area contributed by atoms with Gasteiger partial charge in [0.1, 0.15) is 5.69 Å². The fourth-order valence-corrected chi connectivity index (χ4v) is 2.13. The van der Waals surface area contributed by atoms with Gasteiger partial charge in [-0.3, -0.25) is 10.1 Å². The van der Waals surface area contributed by atoms with Gasteiger partial charge in [-0.1, -0.05) is 22.9 Å². The minimum Gasteiger partial charge on any atom is -0.380 e. The van der Waals surface area contributed by atoms with Crippen LogP contribution in [0.2, 0.25) is 0 Å². The quantitative estimate of drug-likeness (QED) is 0.645. The van der Waals surface area contributed by atoms with E-state index in [1.54, 1.807) is 19.2 Å². The summed E-state index contributed by atoms with van der Waals surface area (Å²) in [5.41, 5.74) is 1.53. The lowest BCUT2D eigenvalue weighted by Gasteiger charge is -2.13. The zero-order valence-corrected chi connectivity index (χ0v) is 12.3. The Bertz CT molecular complexity index is 438. The number of nitrogens with one attached hydrogen (secondary N) is 1. The maximum Gasteiger partial charge on any atom is 0.292 e. The first-order chi connectivity index (χ1) is 8.49. The molecule has 0 saturated heterocycles. The topological polar surface area (TPSA) is 64.4 Å². The Hall–Kier alpha value is -1.14. The average molecular weight is 317 g/mol. The van der Waals surface area contributed by atoms with E-state index in [-0.39, 0.29) is 16.7 Å². The molecule has 0 aliphatic rings. The van der Waals surface area contributed by atoms with Crippen LogP contribution in [0.3, 0.4) is 0 Å². The summed E-state index contributed by atoms with van der Waals surface area (Å²) in [5, 5.41) is 14.1. The smallest absolute Gasteiger partial charge is 0.292 e. The zero-order chi connectivity index (χ0) is 13.7. The van der Waals surface area contributed by atoms with Crippen LogP contribution in [0.5, 0.6) is 0 Å². The van der Waals surface area contributed by atoms with Gasteiger partial charge in [0.15, 0.2) is 0 Å². The van der Waals surface area contributed by atoms with Crippen molar-refractivity contribution in [1.82, 2.24) is 0 Å². The molecule has 0 aliphatic heterocycles. The Morgan fingerprint density at radius 1 is 1.56 bits per heavy atom. The molecule has 0 bridgehead atoms. The minimum atomic E-state index is -0.370. The van der Waals surface area contributed by atoms with E-state index in [2.05, 4.69) is 21.2 Å². The molecule has 1 atom stereocenters. The highest BCUT2D eigenvalue weighted by Gasteiger charge is 2.17. The summed E-state index contributed by atoms with van der Waals surface area (Å²) in [5.74, 6) is 0. The van der Waals surface area contributed by atoms with Gasteiger partial charge in [-0.25, -0.2) is 0 Å². The van der Waals surface area contributed by atoms with Gasteiger partial charge in [0, 0.05) is 24.2 Å². The highest BCUT2D eigenvalue weighted by Crippen LogP contribution is 2.31. The summed E-state index contributed by atoms with van der Waals surface area (Å²) in [7, 11) is 1.61. The molecule has 100 valence electrons. The van der Waals surface area contributed by atoms with Crippen LogP contribution in [0, 0.1) is 10.1 Å². The van der Waals surface area contributed by atoms with Crippen molar-refractivity contribution in [2.24, 2.45) is 0 Å². The second-order valence-corrected chi connectivity index (χ2v) is 4.85. The van der Waals surface area contributed by atoms with Crippen LogP contribution < -0.4 is 5.32 Å². The number of rotatable bonds is 6. The maximum atomic E-state index is 11.0. The van der Waals surface area contributed by atoms with Gasteiger partial charge < -0.3 is 10.1 Å². The van der Waals surface area contributed by atoms with Crippen molar-refractivity contribution >= 4 is 27.3 Å². The van der Waals surface area contributed by atoms with Gasteiger partial charge in [0.2, 0.25) is 0 Å². The lowest BCUT2D eigenvalue weighted by molar-refractivity contribution is -0.384. The highest BCUT2D eigenvalue weighted by atomic mass is 79.9. The highest BCUT2D eigenvalue weighted by molar-refractivity contribution is 9.10. The van der Waals surface area contributed by atoms with E-state index in [9.17, 15) is 10.1 Å². The van der Waals surface area contributed by atoms with Gasteiger partial charge in [-0.2, -0.15) is 0 Å². The number of nitro benzene ring substituents is 1. The maximum absolute atomic E-state index is 11.0. The predicted octanol–water partition coefficient (Wildman–Crippen LogP) is 3.37. The van der Waals surface area contributed by atoms with Crippen LogP contribution >= 0.6 is 15.9 Å². The zero-order valence-electron chi connectivity index (χ0n) is 10.7. The van der Waals surface area contributed by atoms with E-state index >= 15 is 0 Å². The van der Waals surface area contributed by atoms with E-state index in [1.165, 1.54) is 0 Å². The predicted molar refractivity (Wildman–Crippen MR) is 75.1 cm³/mol. The molecule has 1 N–H and O–H groups in total. The number of nitro groups is 1. The molecule has 0 radical (unpaired) electrons.